The molecule has 0 unspecified atom stereocenters. The van der Waals surface area contributed by atoms with Gasteiger partial charge in [0.1, 0.15) is 5.82 Å². The molecule has 0 radical (unpaired) electrons. The number of hydrogen-bond donors (Lipinski definition) is 0. The maximum atomic E-state index is 12.0. The second-order valence-electron chi connectivity index (χ2n) is 7.29. The van der Waals surface area contributed by atoms with E-state index in [4.69, 9.17) is 5.26 Å². The quantitative estimate of drug-likeness (QED) is 0.847. The van der Waals surface area contributed by atoms with E-state index >= 15 is 0 Å². The third kappa shape index (κ3) is 3.63. The molecule has 0 N–H and O–H groups in total. The first kappa shape index (κ1) is 16.8. The Bertz CT molecular complexity index is 837. The van der Waals surface area contributed by atoms with Gasteiger partial charge in [0, 0.05) is 57.5 Å². The molecule has 1 aromatic heterocycles. The van der Waals surface area contributed by atoms with Crippen molar-refractivity contribution in [2.24, 2.45) is 5.92 Å². The van der Waals surface area contributed by atoms with Gasteiger partial charge in [0.15, 0.2) is 0 Å². The lowest BCUT2D eigenvalue weighted by Gasteiger charge is -2.27. The van der Waals surface area contributed by atoms with E-state index in [2.05, 4.69) is 26.6 Å². The van der Waals surface area contributed by atoms with Crippen molar-refractivity contribution in [1.82, 2.24) is 19.4 Å². The van der Waals surface area contributed by atoms with Gasteiger partial charge < -0.3 is 9.47 Å². The fraction of sp³-hybridized carbons (Fsp3) is 0.450. The van der Waals surface area contributed by atoms with Gasteiger partial charge >= 0.3 is 0 Å². The van der Waals surface area contributed by atoms with Crippen molar-refractivity contribution in [1.29, 1.82) is 5.26 Å². The maximum Gasteiger partial charge on any atom is 0.222 e. The molecule has 26 heavy (non-hydrogen) atoms. The Morgan fingerprint density at radius 3 is 3.04 bits per heavy atom. The Kier molecular flexibility index (Phi) is 4.72. The van der Waals surface area contributed by atoms with Crippen molar-refractivity contribution in [3.63, 3.8) is 0 Å². The summed E-state index contributed by atoms with van der Waals surface area (Å²) < 4.78 is 2.22. The van der Waals surface area contributed by atoms with Gasteiger partial charge in [-0.1, -0.05) is 12.1 Å². The van der Waals surface area contributed by atoms with E-state index in [1.54, 1.807) is 0 Å². The van der Waals surface area contributed by atoms with Crippen molar-refractivity contribution in [2.75, 3.05) is 19.6 Å². The minimum Gasteiger partial charge on any atom is -0.342 e. The van der Waals surface area contributed by atoms with Gasteiger partial charge in [-0.15, -0.1) is 0 Å². The number of nitrogens with zero attached hydrogens (tertiary/aromatic N) is 5. The van der Waals surface area contributed by atoms with Crippen molar-refractivity contribution in [3.8, 4) is 6.07 Å². The van der Waals surface area contributed by atoms with Crippen molar-refractivity contribution >= 4 is 5.91 Å². The van der Waals surface area contributed by atoms with Gasteiger partial charge in [0.05, 0.1) is 18.2 Å². The van der Waals surface area contributed by atoms with Crippen LogP contribution in [-0.2, 0) is 24.4 Å². The molecular formula is C20H23N5O. The number of benzene rings is 1. The lowest BCUT2D eigenvalue weighted by Crippen LogP contribution is -2.37. The van der Waals surface area contributed by atoms with Crippen LogP contribution in [-0.4, -0.2) is 44.9 Å². The number of imidazole rings is 1. The fourth-order valence-corrected chi connectivity index (χ4v) is 4.07. The number of fused-ring (bicyclic) bond motifs is 1. The summed E-state index contributed by atoms with van der Waals surface area (Å²) in [4.78, 5) is 20.9. The van der Waals surface area contributed by atoms with Gasteiger partial charge in [-0.25, -0.2) is 4.98 Å². The summed E-state index contributed by atoms with van der Waals surface area (Å²) in [7, 11) is 0. The smallest absolute Gasteiger partial charge is 0.222 e. The molecule has 0 aliphatic carbocycles. The predicted octanol–water partition coefficient (Wildman–Crippen LogP) is 2.01. The molecule has 1 saturated heterocycles. The summed E-state index contributed by atoms with van der Waals surface area (Å²) in [5.41, 5.74) is 1.83. The highest BCUT2D eigenvalue weighted by atomic mass is 16.2. The molecule has 134 valence electrons. The third-order valence-corrected chi connectivity index (χ3v) is 5.25. The van der Waals surface area contributed by atoms with Crippen LogP contribution < -0.4 is 0 Å². The summed E-state index contributed by atoms with van der Waals surface area (Å²) in [6, 6.07) is 10.0. The second-order valence-corrected chi connectivity index (χ2v) is 7.29. The average Bonchev–Trinajstić information content (AvgIpc) is 3.20. The number of rotatable bonds is 4. The molecule has 1 fully saturated rings. The Hall–Kier alpha value is -2.65. The number of aromatic nitrogens is 2. The predicted molar refractivity (Wildman–Crippen MR) is 96.8 cm³/mol. The van der Waals surface area contributed by atoms with Gasteiger partial charge in [0.2, 0.25) is 5.91 Å². The first-order chi connectivity index (χ1) is 12.7. The summed E-state index contributed by atoms with van der Waals surface area (Å²) in [6.07, 6.45) is 5.56. The molecule has 1 aromatic carbocycles. The van der Waals surface area contributed by atoms with Crippen molar-refractivity contribution < 1.29 is 4.79 Å². The molecule has 1 amide bonds. The lowest BCUT2D eigenvalue weighted by atomic mass is 10.1. The minimum absolute atomic E-state index is 0.286. The first-order valence-corrected chi connectivity index (χ1v) is 9.20. The molecule has 3 heterocycles. The average molecular weight is 349 g/mol. The summed E-state index contributed by atoms with van der Waals surface area (Å²) in [5, 5.41) is 9.13. The van der Waals surface area contributed by atoms with Gasteiger partial charge in [-0.2, -0.15) is 5.26 Å². The van der Waals surface area contributed by atoms with Gasteiger partial charge in [-0.3, -0.25) is 9.69 Å². The SMILES string of the molecule is N#Cc1cccc(CN2Cc3nccn3C[C@H](CN3CCCC3=O)C2)c1. The molecule has 1 atom stereocenters. The largest absolute Gasteiger partial charge is 0.342 e. The summed E-state index contributed by atoms with van der Waals surface area (Å²) in [6.45, 7) is 5.08. The molecule has 2 aliphatic heterocycles. The summed E-state index contributed by atoms with van der Waals surface area (Å²) >= 11 is 0. The number of carbonyl (C=O) groups excluding carboxylic acids is 1. The summed E-state index contributed by atoms with van der Waals surface area (Å²) in [5.74, 6) is 1.73. The zero-order chi connectivity index (χ0) is 17.9. The molecule has 2 aromatic rings. The zero-order valence-electron chi connectivity index (χ0n) is 14.8. The van der Waals surface area contributed by atoms with Crippen LogP contribution in [0.15, 0.2) is 36.7 Å². The zero-order valence-corrected chi connectivity index (χ0v) is 14.8. The highest BCUT2D eigenvalue weighted by Crippen LogP contribution is 2.21. The van der Waals surface area contributed by atoms with Crippen LogP contribution in [0.3, 0.4) is 0 Å². The number of amides is 1. The molecule has 0 spiro atoms. The van der Waals surface area contributed by atoms with Crippen LogP contribution in [0.2, 0.25) is 0 Å². The molecule has 6 nitrogen and oxygen atoms in total. The molecular weight excluding hydrogens is 326 g/mol. The number of hydrogen-bond acceptors (Lipinski definition) is 4. The Morgan fingerprint density at radius 1 is 1.31 bits per heavy atom. The van der Waals surface area contributed by atoms with Crippen LogP contribution in [0.25, 0.3) is 0 Å². The number of nitriles is 1. The van der Waals surface area contributed by atoms with E-state index in [1.165, 1.54) is 0 Å². The van der Waals surface area contributed by atoms with Crippen LogP contribution >= 0.6 is 0 Å². The topological polar surface area (TPSA) is 65.2 Å². The van der Waals surface area contributed by atoms with Crippen LogP contribution in [0.5, 0.6) is 0 Å². The van der Waals surface area contributed by atoms with E-state index in [1.807, 2.05) is 35.5 Å². The van der Waals surface area contributed by atoms with Crippen molar-refractivity contribution in [3.05, 3.63) is 53.6 Å². The molecule has 4 rings (SSSR count). The molecule has 6 heteroatoms. The standard InChI is InChI=1S/C20H23N5O/c21-10-16-3-1-4-17(9-16)11-23-12-18(14-25-7-2-5-20(25)26)13-24-8-6-22-19(24)15-23/h1,3-4,6,8-9,18H,2,5,7,11-15H2/t18-/m1/s1. The molecule has 0 bridgehead atoms. The normalized spacial score (nSPS) is 20.7. The lowest BCUT2D eigenvalue weighted by molar-refractivity contribution is -0.128. The van der Waals surface area contributed by atoms with Crippen LogP contribution in [0.1, 0.15) is 29.8 Å². The van der Waals surface area contributed by atoms with Gasteiger partial charge in [-0.05, 0) is 24.1 Å². The number of carbonyl (C=O) groups is 1. The van der Waals surface area contributed by atoms with E-state index in [0.29, 0.717) is 17.9 Å². The third-order valence-electron chi connectivity index (χ3n) is 5.25. The highest BCUT2D eigenvalue weighted by molar-refractivity contribution is 5.78. The maximum absolute atomic E-state index is 12.0. The number of likely N-dealkylation sites (tertiary alicyclic amines) is 1. The second kappa shape index (κ2) is 7.30. The van der Waals surface area contributed by atoms with Crippen LogP contribution in [0.4, 0.5) is 0 Å². The highest BCUT2D eigenvalue weighted by Gasteiger charge is 2.27. The van der Waals surface area contributed by atoms with Crippen LogP contribution in [0, 0.1) is 17.2 Å². The van der Waals surface area contributed by atoms with Crippen molar-refractivity contribution in [2.45, 2.75) is 32.5 Å². The van der Waals surface area contributed by atoms with E-state index in [0.717, 1.165) is 57.1 Å². The first-order valence-electron chi connectivity index (χ1n) is 9.20. The molecule has 2 aliphatic rings. The Balaban J connectivity index is 1.52. The Morgan fingerprint density at radius 2 is 2.23 bits per heavy atom. The van der Waals surface area contributed by atoms with Gasteiger partial charge in [0.25, 0.3) is 0 Å². The minimum atomic E-state index is 0.286. The monoisotopic (exact) mass is 349 g/mol. The molecule has 0 saturated carbocycles. The van der Waals surface area contributed by atoms with E-state index in [-0.39, 0.29) is 5.91 Å². The van der Waals surface area contributed by atoms with E-state index < -0.39 is 0 Å². The van der Waals surface area contributed by atoms with E-state index in [9.17, 15) is 4.79 Å². The fourth-order valence-electron chi connectivity index (χ4n) is 4.07. The Labute approximate surface area is 153 Å².